The topological polar surface area (TPSA) is 63.6 Å². The third kappa shape index (κ3) is 5.63. The van der Waals surface area contributed by atoms with Crippen LogP contribution in [-0.4, -0.2) is 56.4 Å². The van der Waals surface area contributed by atoms with E-state index in [1.54, 1.807) is 26.3 Å². The summed E-state index contributed by atoms with van der Waals surface area (Å²) in [7, 11) is 6.82. The van der Waals surface area contributed by atoms with Crippen molar-refractivity contribution in [2.75, 3.05) is 34.9 Å². The molecule has 3 aromatic carbocycles. The summed E-state index contributed by atoms with van der Waals surface area (Å²) in [5.74, 6) is 2.06. The number of ether oxygens (including phenoxy) is 3. The molecule has 0 unspecified atom stereocenters. The van der Waals surface area contributed by atoms with E-state index in [-0.39, 0.29) is 18.5 Å². The summed E-state index contributed by atoms with van der Waals surface area (Å²) >= 11 is 0. The molecule has 0 fully saturated rings. The van der Waals surface area contributed by atoms with Gasteiger partial charge in [-0.1, -0.05) is 30.3 Å². The Morgan fingerprint density at radius 2 is 1.63 bits per heavy atom. The van der Waals surface area contributed by atoms with Gasteiger partial charge < -0.3 is 14.2 Å². The van der Waals surface area contributed by atoms with Crippen molar-refractivity contribution in [2.45, 2.75) is 19.0 Å². The lowest BCUT2D eigenvalue weighted by atomic mass is 9.97. The molecule has 1 aliphatic rings. The molecule has 182 valence electrons. The van der Waals surface area contributed by atoms with Gasteiger partial charge in [-0.15, -0.1) is 0 Å². The molecule has 4 rings (SSSR count). The maximum atomic E-state index is 13.5. The van der Waals surface area contributed by atoms with Crippen LogP contribution in [0.4, 0.5) is 0 Å². The van der Waals surface area contributed by atoms with E-state index in [2.05, 4.69) is 12.1 Å². The Kier molecular flexibility index (Phi) is 7.67. The molecular formula is C28H31N3O4. The third-order valence-corrected chi connectivity index (χ3v) is 6.09. The standard InChI is InChI=1S/C28H31N3O4/c1-30(18-20-8-6-5-7-9-20)19-28(32)31-26(24-15-14-23(34-3)16-27(24)35-4)17-25(29-31)21-10-12-22(33-2)13-11-21/h5-16,26H,17-19H2,1-4H3/t26-/m1/s1. The maximum Gasteiger partial charge on any atom is 0.257 e. The fraction of sp³-hybridized carbons (Fsp3) is 0.286. The second-order valence-electron chi connectivity index (χ2n) is 8.50. The number of carbonyl (C=O) groups excluding carboxylic acids is 1. The van der Waals surface area contributed by atoms with Gasteiger partial charge >= 0.3 is 0 Å². The second-order valence-corrected chi connectivity index (χ2v) is 8.50. The van der Waals surface area contributed by atoms with Gasteiger partial charge in [-0.2, -0.15) is 5.10 Å². The number of carbonyl (C=O) groups is 1. The van der Waals surface area contributed by atoms with Gasteiger partial charge in [-0.3, -0.25) is 9.69 Å². The molecule has 0 aromatic heterocycles. The molecule has 0 aliphatic carbocycles. The van der Waals surface area contributed by atoms with Gasteiger partial charge in [-0.05, 0) is 54.6 Å². The van der Waals surface area contributed by atoms with Crippen molar-refractivity contribution < 1.29 is 19.0 Å². The van der Waals surface area contributed by atoms with Crippen LogP contribution in [0, 0.1) is 0 Å². The largest absolute Gasteiger partial charge is 0.497 e. The van der Waals surface area contributed by atoms with E-state index in [9.17, 15) is 4.79 Å². The lowest BCUT2D eigenvalue weighted by Gasteiger charge is -2.26. The molecular weight excluding hydrogens is 442 g/mol. The van der Waals surface area contributed by atoms with Gasteiger partial charge in [0.1, 0.15) is 17.2 Å². The molecule has 7 nitrogen and oxygen atoms in total. The average molecular weight is 474 g/mol. The first-order chi connectivity index (χ1) is 17.0. The highest BCUT2D eigenvalue weighted by Crippen LogP contribution is 2.39. The normalized spacial score (nSPS) is 15.2. The van der Waals surface area contributed by atoms with Crippen LogP contribution in [0.5, 0.6) is 17.2 Å². The number of rotatable bonds is 9. The van der Waals surface area contributed by atoms with Gasteiger partial charge in [0.2, 0.25) is 0 Å². The lowest BCUT2D eigenvalue weighted by molar-refractivity contribution is -0.134. The summed E-state index contributed by atoms with van der Waals surface area (Å²) in [5, 5.41) is 6.40. The van der Waals surface area contributed by atoms with Crippen molar-refractivity contribution in [1.82, 2.24) is 9.91 Å². The Morgan fingerprint density at radius 3 is 2.29 bits per heavy atom. The molecule has 0 bridgehead atoms. The Morgan fingerprint density at radius 1 is 0.943 bits per heavy atom. The molecule has 7 heteroatoms. The summed E-state index contributed by atoms with van der Waals surface area (Å²) < 4.78 is 16.3. The predicted octanol–water partition coefficient (Wildman–Crippen LogP) is 4.52. The Balaban J connectivity index is 1.62. The molecule has 3 aromatic rings. The van der Waals surface area contributed by atoms with Crippen LogP contribution >= 0.6 is 0 Å². The number of nitrogens with zero attached hydrogens (tertiary/aromatic N) is 3. The first-order valence-electron chi connectivity index (χ1n) is 11.5. The van der Waals surface area contributed by atoms with Crippen LogP contribution in [0.2, 0.25) is 0 Å². The van der Waals surface area contributed by atoms with Crippen molar-refractivity contribution in [3.8, 4) is 17.2 Å². The van der Waals surface area contributed by atoms with Gasteiger partial charge in [0, 0.05) is 24.6 Å². The van der Waals surface area contributed by atoms with E-state index >= 15 is 0 Å². The number of likely N-dealkylation sites (N-methyl/N-ethyl adjacent to an activating group) is 1. The smallest absolute Gasteiger partial charge is 0.257 e. The Hall–Kier alpha value is -3.84. The highest BCUT2D eigenvalue weighted by Gasteiger charge is 2.35. The predicted molar refractivity (Wildman–Crippen MR) is 136 cm³/mol. The summed E-state index contributed by atoms with van der Waals surface area (Å²) in [4.78, 5) is 15.5. The zero-order valence-corrected chi connectivity index (χ0v) is 20.6. The minimum atomic E-state index is -0.286. The van der Waals surface area contributed by atoms with Crippen molar-refractivity contribution >= 4 is 11.6 Å². The van der Waals surface area contributed by atoms with Gasteiger partial charge in [0.25, 0.3) is 5.91 Å². The SMILES string of the molecule is COc1ccc(C2=NN(C(=O)CN(C)Cc3ccccc3)[C@@H](c3ccc(OC)cc3OC)C2)cc1. The van der Waals surface area contributed by atoms with E-state index < -0.39 is 0 Å². The number of hydrogen-bond donors (Lipinski definition) is 0. The number of amides is 1. The third-order valence-electron chi connectivity index (χ3n) is 6.09. The quantitative estimate of drug-likeness (QED) is 0.457. The average Bonchev–Trinajstić information content (AvgIpc) is 3.34. The van der Waals surface area contributed by atoms with Crippen molar-refractivity contribution in [1.29, 1.82) is 0 Å². The first kappa shape index (κ1) is 24.3. The van der Waals surface area contributed by atoms with Crippen LogP contribution in [-0.2, 0) is 11.3 Å². The Labute approximate surface area is 206 Å². The minimum Gasteiger partial charge on any atom is -0.497 e. The highest BCUT2D eigenvalue weighted by atomic mass is 16.5. The van der Waals surface area contributed by atoms with E-state index in [1.165, 1.54) is 0 Å². The van der Waals surface area contributed by atoms with Gasteiger partial charge in [-0.25, -0.2) is 5.01 Å². The van der Waals surface area contributed by atoms with Crippen molar-refractivity contribution in [3.05, 3.63) is 89.5 Å². The lowest BCUT2D eigenvalue weighted by Crippen LogP contribution is -2.36. The fourth-order valence-corrected chi connectivity index (χ4v) is 4.29. The van der Waals surface area contributed by atoms with Crippen molar-refractivity contribution in [2.24, 2.45) is 5.10 Å². The van der Waals surface area contributed by atoms with Crippen LogP contribution < -0.4 is 14.2 Å². The van der Waals surface area contributed by atoms with E-state index in [0.29, 0.717) is 24.5 Å². The van der Waals surface area contributed by atoms with Crippen LogP contribution in [0.1, 0.15) is 29.2 Å². The second kappa shape index (κ2) is 11.1. The molecule has 0 saturated heterocycles. The molecule has 0 saturated carbocycles. The van der Waals surface area contributed by atoms with Crippen LogP contribution in [0.3, 0.4) is 0 Å². The van der Waals surface area contributed by atoms with E-state index in [1.807, 2.05) is 72.6 Å². The van der Waals surface area contributed by atoms with Crippen LogP contribution in [0.15, 0.2) is 77.9 Å². The zero-order valence-electron chi connectivity index (χ0n) is 20.6. The van der Waals surface area contributed by atoms with Crippen molar-refractivity contribution in [3.63, 3.8) is 0 Å². The Bertz CT molecular complexity index is 1180. The first-order valence-corrected chi connectivity index (χ1v) is 11.5. The monoisotopic (exact) mass is 473 g/mol. The molecule has 1 heterocycles. The summed E-state index contributed by atoms with van der Waals surface area (Å²) in [6, 6.07) is 23.2. The van der Waals surface area contributed by atoms with E-state index in [4.69, 9.17) is 19.3 Å². The molecule has 1 atom stereocenters. The number of benzene rings is 3. The van der Waals surface area contributed by atoms with Gasteiger partial charge in [0.15, 0.2) is 0 Å². The molecule has 0 radical (unpaired) electrons. The molecule has 1 amide bonds. The van der Waals surface area contributed by atoms with E-state index in [0.717, 1.165) is 28.2 Å². The number of hydrogen-bond acceptors (Lipinski definition) is 6. The number of hydrazone groups is 1. The summed E-state index contributed by atoms with van der Waals surface area (Å²) in [6.45, 7) is 0.912. The zero-order chi connectivity index (χ0) is 24.8. The molecule has 0 N–H and O–H groups in total. The fourth-order valence-electron chi connectivity index (χ4n) is 4.29. The highest BCUT2D eigenvalue weighted by molar-refractivity contribution is 6.03. The van der Waals surface area contributed by atoms with Gasteiger partial charge in [0.05, 0.1) is 39.6 Å². The minimum absolute atomic E-state index is 0.0742. The molecule has 0 spiro atoms. The summed E-state index contributed by atoms with van der Waals surface area (Å²) in [6.07, 6.45) is 0.573. The van der Waals surface area contributed by atoms with Crippen LogP contribution in [0.25, 0.3) is 0 Å². The number of methoxy groups -OCH3 is 3. The summed E-state index contributed by atoms with van der Waals surface area (Å²) in [5.41, 5.74) is 3.84. The molecule has 35 heavy (non-hydrogen) atoms. The maximum absolute atomic E-state index is 13.5. The molecule has 1 aliphatic heterocycles.